The molecule has 166 valence electrons. The van der Waals surface area contributed by atoms with Crippen LogP contribution in [0.4, 0.5) is 0 Å². The van der Waals surface area contributed by atoms with E-state index in [2.05, 4.69) is 41.3 Å². The lowest BCUT2D eigenvalue weighted by Gasteiger charge is -2.58. The minimum absolute atomic E-state index is 0.150. The number of piperidine rings is 1. The van der Waals surface area contributed by atoms with E-state index in [9.17, 15) is 4.79 Å². The highest BCUT2D eigenvalue weighted by atomic mass is 16.5. The zero-order valence-electron chi connectivity index (χ0n) is 18.8. The number of benzene rings is 2. The molecule has 4 heteroatoms. The van der Waals surface area contributed by atoms with Crippen LogP contribution in [0.2, 0.25) is 0 Å². The van der Waals surface area contributed by atoms with E-state index in [-0.39, 0.29) is 11.5 Å². The maximum absolute atomic E-state index is 13.2. The molecule has 5 aliphatic rings. The van der Waals surface area contributed by atoms with E-state index in [1.54, 1.807) is 7.11 Å². The average Bonchev–Trinajstić information content (AvgIpc) is 3.56. The van der Waals surface area contributed by atoms with Crippen LogP contribution in [0.25, 0.3) is 0 Å². The molecule has 0 unspecified atom stereocenters. The first-order valence-corrected chi connectivity index (χ1v) is 12.4. The number of Topliss-reactive ketones (excluding diaryl/α,β-unsaturated/α-hetero) is 1. The van der Waals surface area contributed by atoms with Gasteiger partial charge in [-0.15, -0.1) is 0 Å². The normalized spacial score (nSPS) is 32.4. The molecule has 2 saturated carbocycles. The van der Waals surface area contributed by atoms with E-state index >= 15 is 0 Å². The Morgan fingerprint density at radius 3 is 2.81 bits per heavy atom. The van der Waals surface area contributed by atoms with Gasteiger partial charge in [-0.05, 0) is 79.7 Å². The maximum atomic E-state index is 13.2. The van der Waals surface area contributed by atoms with Crippen LogP contribution in [-0.2, 0) is 23.1 Å². The van der Waals surface area contributed by atoms with Gasteiger partial charge in [-0.3, -0.25) is 9.69 Å². The summed E-state index contributed by atoms with van der Waals surface area (Å²) in [6.07, 6.45) is 7.15. The van der Waals surface area contributed by atoms with Gasteiger partial charge in [0.2, 0.25) is 0 Å². The molecule has 1 saturated heterocycles. The van der Waals surface area contributed by atoms with Crippen LogP contribution in [0.1, 0.15) is 54.4 Å². The summed E-state index contributed by atoms with van der Waals surface area (Å²) in [6, 6.07) is 13.5. The number of ketones is 1. The van der Waals surface area contributed by atoms with Crippen molar-refractivity contribution in [3.63, 3.8) is 0 Å². The zero-order chi connectivity index (χ0) is 21.4. The van der Waals surface area contributed by atoms with Gasteiger partial charge in [0, 0.05) is 30.0 Å². The molecule has 0 radical (unpaired) electrons. The Hall–Kier alpha value is -2.33. The number of carbonyl (C=O) groups is 1. The molecule has 0 amide bonds. The minimum atomic E-state index is -0.318. The number of hydrogen-bond donors (Lipinski definition) is 0. The number of carbonyl (C=O) groups excluding carboxylic acids is 1. The molecule has 4 atom stereocenters. The molecule has 2 aromatic rings. The molecule has 3 aliphatic carbocycles. The Kier molecular flexibility index (Phi) is 4.09. The molecule has 0 N–H and O–H groups in total. The second-order valence-corrected chi connectivity index (χ2v) is 10.7. The third kappa shape index (κ3) is 2.56. The summed E-state index contributed by atoms with van der Waals surface area (Å²) in [4.78, 5) is 16.0. The van der Waals surface area contributed by atoms with Crippen molar-refractivity contribution in [3.05, 3.63) is 58.7 Å². The van der Waals surface area contributed by atoms with Crippen LogP contribution in [0.3, 0.4) is 0 Å². The lowest BCUT2D eigenvalue weighted by Crippen LogP contribution is -2.66. The first-order chi connectivity index (χ1) is 15.7. The van der Waals surface area contributed by atoms with Gasteiger partial charge in [-0.1, -0.05) is 30.3 Å². The molecule has 2 aliphatic heterocycles. The fraction of sp³-hybridized carbons (Fsp3) is 0.536. The highest BCUT2D eigenvalue weighted by molar-refractivity contribution is 5.89. The quantitative estimate of drug-likeness (QED) is 0.710. The molecule has 2 heterocycles. The summed E-state index contributed by atoms with van der Waals surface area (Å²) in [5.41, 5.74) is 5.31. The van der Waals surface area contributed by atoms with Crippen LogP contribution in [0, 0.1) is 11.8 Å². The number of nitrogens with zero attached hydrogens (tertiary/aromatic N) is 1. The number of methoxy groups -OCH3 is 1. The minimum Gasteiger partial charge on any atom is -0.493 e. The van der Waals surface area contributed by atoms with Gasteiger partial charge in [0.25, 0.3) is 0 Å². The summed E-state index contributed by atoms with van der Waals surface area (Å²) >= 11 is 0. The van der Waals surface area contributed by atoms with Crippen molar-refractivity contribution in [1.82, 2.24) is 4.90 Å². The van der Waals surface area contributed by atoms with Crippen LogP contribution < -0.4 is 9.47 Å². The molecule has 3 fully saturated rings. The van der Waals surface area contributed by atoms with Crippen LogP contribution >= 0.6 is 0 Å². The highest BCUT2D eigenvalue weighted by Crippen LogP contribution is 2.64. The third-order valence-electron chi connectivity index (χ3n) is 9.08. The van der Waals surface area contributed by atoms with Crippen molar-refractivity contribution >= 4 is 5.78 Å². The van der Waals surface area contributed by atoms with E-state index < -0.39 is 0 Å². The largest absolute Gasteiger partial charge is 0.493 e. The van der Waals surface area contributed by atoms with E-state index in [1.807, 2.05) is 0 Å². The van der Waals surface area contributed by atoms with Crippen LogP contribution in [0.15, 0.2) is 36.4 Å². The van der Waals surface area contributed by atoms with E-state index in [1.165, 1.54) is 41.6 Å². The second-order valence-electron chi connectivity index (χ2n) is 10.7. The van der Waals surface area contributed by atoms with Crippen molar-refractivity contribution in [3.8, 4) is 11.5 Å². The van der Waals surface area contributed by atoms with E-state index in [4.69, 9.17) is 9.47 Å². The van der Waals surface area contributed by atoms with Gasteiger partial charge in [0.1, 0.15) is 0 Å². The molecule has 1 spiro atoms. The predicted molar refractivity (Wildman–Crippen MR) is 122 cm³/mol. The molecular weight excluding hydrogens is 398 g/mol. The number of hydrogen-bond acceptors (Lipinski definition) is 4. The smallest absolute Gasteiger partial charge is 0.174 e. The monoisotopic (exact) mass is 429 g/mol. The van der Waals surface area contributed by atoms with Crippen molar-refractivity contribution in [2.75, 3.05) is 20.2 Å². The van der Waals surface area contributed by atoms with E-state index in [0.29, 0.717) is 24.2 Å². The number of rotatable bonds is 5. The molecule has 32 heavy (non-hydrogen) atoms. The van der Waals surface area contributed by atoms with Crippen molar-refractivity contribution in [2.24, 2.45) is 11.8 Å². The Morgan fingerprint density at radius 2 is 2.03 bits per heavy atom. The first kappa shape index (κ1) is 19.2. The number of likely N-dealkylation sites (tertiary alicyclic amines) is 1. The van der Waals surface area contributed by atoms with Crippen molar-refractivity contribution in [1.29, 1.82) is 0 Å². The Balaban J connectivity index is 1.41. The second kappa shape index (κ2) is 6.84. The molecule has 2 bridgehead atoms. The van der Waals surface area contributed by atoms with Gasteiger partial charge >= 0.3 is 0 Å². The van der Waals surface area contributed by atoms with Gasteiger partial charge in [0.15, 0.2) is 23.4 Å². The zero-order valence-corrected chi connectivity index (χ0v) is 18.8. The van der Waals surface area contributed by atoms with Gasteiger partial charge in [-0.2, -0.15) is 0 Å². The average molecular weight is 430 g/mol. The lowest BCUT2D eigenvalue weighted by molar-refractivity contribution is -0.138. The third-order valence-corrected chi connectivity index (χ3v) is 9.08. The highest BCUT2D eigenvalue weighted by Gasteiger charge is 2.66. The van der Waals surface area contributed by atoms with Crippen LogP contribution in [-0.4, -0.2) is 43.0 Å². The Labute approximate surface area is 189 Å². The summed E-state index contributed by atoms with van der Waals surface area (Å²) < 4.78 is 12.4. The molecule has 4 nitrogen and oxygen atoms in total. The van der Waals surface area contributed by atoms with Crippen LogP contribution in [0.5, 0.6) is 11.5 Å². The standard InChI is InChI=1S/C28H31NO3/c1-31-24-14-19(13-17-5-3-2-4-6-17)20-15-22-21-9-10-23(30)27-28(21,25(20)26(24)32-27)11-12-29(22)16-18-7-8-18/h2-6,14,18,21-22,27H,7-13,15-16H2,1H3/t21-,22+,27-,28-/m0/s1. The Bertz CT molecular complexity index is 1090. The fourth-order valence-corrected chi connectivity index (χ4v) is 7.54. The number of ether oxygens (including phenoxy) is 2. The van der Waals surface area contributed by atoms with Gasteiger partial charge < -0.3 is 9.47 Å². The summed E-state index contributed by atoms with van der Waals surface area (Å²) in [7, 11) is 1.73. The molecule has 7 rings (SSSR count). The van der Waals surface area contributed by atoms with Gasteiger partial charge in [-0.25, -0.2) is 0 Å². The molecule has 0 aromatic heterocycles. The topological polar surface area (TPSA) is 38.8 Å². The first-order valence-electron chi connectivity index (χ1n) is 12.4. The summed E-state index contributed by atoms with van der Waals surface area (Å²) in [5, 5.41) is 0. The van der Waals surface area contributed by atoms with Gasteiger partial charge in [0.05, 0.1) is 7.11 Å². The fourth-order valence-electron chi connectivity index (χ4n) is 7.54. The SMILES string of the molecule is COc1cc(Cc2ccccc2)c2c3c1O[C@H]1C(=O)CC[C@H]4[C@@H](C2)N(CC2CC2)CC[C@]314. The van der Waals surface area contributed by atoms with Crippen molar-refractivity contribution in [2.45, 2.75) is 62.5 Å². The maximum Gasteiger partial charge on any atom is 0.174 e. The molecule has 2 aromatic carbocycles. The predicted octanol–water partition coefficient (Wildman–Crippen LogP) is 4.30. The van der Waals surface area contributed by atoms with E-state index in [0.717, 1.165) is 49.6 Å². The summed E-state index contributed by atoms with van der Waals surface area (Å²) in [6.45, 7) is 2.33. The molecular formula is C28H31NO3. The van der Waals surface area contributed by atoms with Crippen molar-refractivity contribution < 1.29 is 14.3 Å². The summed E-state index contributed by atoms with van der Waals surface area (Å²) in [5.74, 6) is 3.39. The Morgan fingerprint density at radius 1 is 1.19 bits per heavy atom. The lowest BCUT2D eigenvalue weighted by atomic mass is 9.51.